The molecule has 10 heavy (non-hydrogen) atoms. The number of ether oxygens (including phenoxy) is 1. The average Bonchev–Trinajstić information content (AvgIpc) is 1.95. The molecule has 0 saturated carbocycles. The number of allylic oxidation sites excluding steroid dienone is 1. The molecule has 0 unspecified atom stereocenters. The van der Waals surface area contributed by atoms with Gasteiger partial charge < -0.3 is 4.74 Å². The Balaban J connectivity index is 2.56. The number of hydrogen-bond acceptors (Lipinski definition) is 2. The molecule has 0 aromatic rings. The Hall–Kier alpha value is 0.0500. The second kappa shape index (κ2) is 3.44. The van der Waals surface area contributed by atoms with Gasteiger partial charge in [-0.25, -0.2) is 0 Å². The van der Waals surface area contributed by atoms with Crippen LogP contribution in [0.1, 0.15) is 19.8 Å². The van der Waals surface area contributed by atoms with Crippen molar-refractivity contribution < 1.29 is 4.74 Å². The summed E-state index contributed by atoms with van der Waals surface area (Å²) in [5.41, 5.74) is 0. The van der Waals surface area contributed by atoms with E-state index in [-0.39, 0.29) is 0 Å². The van der Waals surface area contributed by atoms with Crippen molar-refractivity contribution in [2.75, 3.05) is 7.11 Å². The first-order valence-corrected chi connectivity index (χ1v) is 4.12. The van der Waals surface area contributed by atoms with Crippen LogP contribution in [0.25, 0.3) is 0 Å². The maximum Gasteiger partial charge on any atom is 0.0762 e. The Bertz CT molecular complexity index is 142. The van der Waals surface area contributed by atoms with Crippen LogP contribution in [-0.4, -0.2) is 13.2 Å². The Morgan fingerprint density at radius 2 is 2.30 bits per heavy atom. The monoisotopic (exact) mass is 158 g/mol. The molecule has 2 heteroatoms. The molecule has 0 spiro atoms. The van der Waals surface area contributed by atoms with Gasteiger partial charge >= 0.3 is 0 Å². The van der Waals surface area contributed by atoms with Gasteiger partial charge in [0, 0.05) is 7.11 Å². The summed E-state index contributed by atoms with van der Waals surface area (Å²) in [4.78, 5) is 1.18. The molecule has 0 heterocycles. The molecule has 1 aliphatic rings. The Labute approximate surface area is 67.9 Å². The first-order valence-electron chi connectivity index (χ1n) is 3.67. The molecule has 1 aliphatic carbocycles. The lowest BCUT2D eigenvalue weighted by Crippen LogP contribution is -2.15. The van der Waals surface area contributed by atoms with E-state index in [4.69, 9.17) is 4.74 Å². The summed E-state index contributed by atoms with van der Waals surface area (Å²) in [6.45, 7) is 2.20. The van der Waals surface area contributed by atoms with Crippen LogP contribution in [0.2, 0.25) is 0 Å². The average molecular weight is 158 g/mol. The Morgan fingerprint density at radius 1 is 1.60 bits per heavy atom. The van der Waals surface area contributed by atoms with Gasteiger partial charge in [-0.1, -0.05) is 6.92 Å². The zero-order valence-electron chi connectivity index (χ0n) is 6.50. The van der Waals surface area contributed by atoms with Gasteiger partial charge in [-0.05, 0) is 29.7 Å². The molecule has 0 bridgehead atoms. The summed E-state index contributed by atoms with van der Waals surface area (Å²) >= 11 is 4.35. The molecule has 0 N–H and O–H groups in total. The fourth-order valence-electron chi connectivity index (χ4n) is 1.19. The van der Waals surface area contributed by atoms with Gasteiger partial charge in [-0.15, -0.1) is 12.6 Å². The second-order valence-corrected chi connectivity index (χ2v) is 3.36. The molecule has 0 amide bonds. The number of methoxy groups -OCH3 is 1. The molecule has 58 valence electrons. The van der Waals surface area contributed by atoms with Crippen molar-refractivity contribution in [3.8, 4) is 0 Å². The largest absolute Gasteiger partial charge is 0.377 e. The SMILES string of the molecule is CO[C@@H]1C=C(S)[C@@H](C)CC1. The van der Waals surface area contributed by atoms with Crippen LogP contribution in [0.3, 0.4) is 0 Å². The highest BCUT2D eigenvalue weighted by Gasteiger charge is 2.16. The molecule has 0 aromatic carbocycles. The Morgan fingerprint density at radius 3 is 2.80 bits per heavy atom. The van der Waals surface area contributed by atoms with Crippen LogP contribution in [0.15, 0.2) is 11.0 Å². The van der Waals surface area contributed by atoms with Crippen molar-refractivity contribution in [2.45, 2.75) is 25.9 Å². The van der Waals surface area contributed by atoms with Crippen molar-refractivity contribution in [3.05, 3.63) is 11.0 Å². The predicted molar refractivity (Wildman–Crippen MR) is 46.3 cm³/mol. The van der Waals surface area contributed by atoms with Crippen LogP contribution in [0.5, 0.6) is 0 Å². The lowest BCUT2D eigenvalue weighted by molar-refractivity contribution is 0.123. The predicted octanol–water partition coefficient (Wildman–Crippen LogP) is 2.25. The van der Waals surface area contributed by atoms with E-state index in [1.807, 2.05) is 0 Å². The van der Waals surface area contributed by atoms with Gasteiger partial charge in [0.25, 0.3) is 0 Å². The highest BCUT2D eigenvalue weighted by Crippen LogP contribution is 2.27. The van der Waals surface area contributed by atoms with E-state index in [1.54, 1.807) is 7.11 Å². The van der Waals surface area contributed by atoms with Gasteiger partial charge in [0.1, 0.15) is 0 Å². The van der Waals surface area contributed by atoms with Crippen LogP contribution >= 0.6 is 12.6 Å². The van der Waals surface area contributed by atoms with Gasteiger partial charge in [0.2, 0.25) is 0 Å². The third-order valence-electron chi connectivity index (χ3n) is 2.05. The lowest BCUT2D eigenvalue weighted by atomic mass is 9.96. The molecule has 0 saturated heterocycles. The summed E-state index contributed by atoms with van der Waals surface area (Å²) in [7, 11) is 1.75. The van der Waals surface area contributed by atoms with Crippen LogP contribution < -0.4 is 0 Å². The maximum atomic E-state index is 5.18. The standard InChI is InChI=1S/C8H14OS/c1-6-3-4-7(9-2)5-8(6)10/h5-7,10H,3-4H2,1-2H3/t6-,7-/m0/s1. The quantitative estimate of drug-likeness (QED) is 0.576. The molecule has 2 atom stereocenters. The molecule has 0 fully saturated rings. The minimum atomic E-state index is 0.309. The third-order valence-corrected chi connectivity index (χ3v) is 2.64. The van der Waals surface area contributed by atoms with E-state index in [0.29, 0.717) is 12.0 Å². The molecule has 1 nitrogen and oxygen atoms in total. The van der Waals surface area contributed by atoms with E-state index in [1.165, 1.54) is 11.3 Å². The van der Waals surface area contributed by atoms with E-state index >= 15 is 0 Å². The first kappa shape index (κ1) is 8.15. The molecule has 0 radical (unpaired) electrons. The first-order chi connectivity index (χ1) is 4.74. The van der Waals surface area contributed by atoms with E-state index in [2.05, 4.69) is 25.6 Å². The van der Waals surface area contributed by atoms with Crippen LogP contribution in [0.4, 0.5) is 0 Å². The topological polar surface area (TPSA) is 9.23 Å². The smallest absolute Gasteiger partial charge is 0.0762 e. The summed E-state index contributed by atoms with van der Waals surface area (Å²) in [6, 6.07) is 0. The third kappa shape index (κ3) is 1.77. The fraction of sp³-hybridized carbons (Fsp3) is 0.750. The molecular weight excluding hydrogens is 144 g/mol. The normalized spacial score (nSPS) is 33.7. The van der Waals surface area contributed by atoms with Crippen molar-refractivity contribution in [3.63, 3.8) is 0 Å². The number of thiol groups is 1. The molecule has 0 aliphatic heterocycles. The summed E-state index contributed by atoms with van der Waals surface area (Å²) in [6.07, 6.45) is 4.76. The molecule has 1 rings (SSSR count). The highest BCUT2D eigenvalue weighted by molar-refractivity contribution is 7.84. The summed E-state index contributed by atoms with van der Waals surface area (Å²) in [5.74, 6) is 0.634. The lowest BCUT2D eigenvalue weighted by Gasteiger charge is -2.22. The zero-order chi connectivity index (χ0) is 7.56. The van der Waals surface area contributed by atoms with Gasteiger partial charge in [-0.3, -0.25) is 0 Å². The minimum absolute atomic E-state index is 0.309. The Kier molecular flexibility index (Phi) is 2.81. The van der Waals surface area contributed by atoms with Crippen LogP contribution in [-0.2, 0) is 4.74 Å². The molecular formula is C8H14OS. The van der Waals surface area contributed by atoms with Gasteiger partial charge in [0.15, 0.2) is 0 Å². The van der Waals surface area contributed by atoms with Crippen molar-refractivity contribution in [2.24, 2.45) is 5.92 Å². The fourth-order valence-corrected chi connectivity index (χ4v) is 1.48. The molecule has 0 aromatic heterocycles. The zero-order valence-corrected chi connectivity index (χ0v) is 7.40. The number of rotatable bonds is 1. The van der Waals surface area contributed by atoms with Crippen molar-refractivity contribution in [1.82, 2.24) is 0 Å². The van der Waals surface area contributed by atoms with E-state index < -0.39 is 0 Å². The van der Waals surface area contributed by atoms with E-state index in [9.17, 15) is 0 Å². The van der Waals surface area contributed by atoms with Crippen molar-refractivity contribution in [1.29, 1.82) is 0 Å². The highest BCUT2D eigenvalue weighted by atomic mass is 32.1. The van der Waals surface area contributed by atoms with Crippen molar-refractivity contribution >= 4 is 12.6 Å². The van der Waals surface area contributed by atoms with Gasteiger partial charge in [-0.2, -0.15) is 0 Å². The minimum Gasteiger partial charge on any atom is -0.377 e. The van der Waals surface area contributed by atoms with Crippen LogP contribution in [0, 0.1) is 5.92 Å². The van der Waals surface area contributed by atoms with Gasteiger partial charge in [0.05, 0.1) is 6.10 Å². The summed E-state index contributed by atoms with van der Waals surface area (Å²) in [5, 5.41) is 0. The van der Waals surface area contributed by atoms with E-state index in [0.717, 1.165) is 6.42 Å². The number of hydrogen-bond donors (Lipinski definition) is 1. The second-order valence-electron chi connectivity index (χ2n) is 2.84. The summed E-state index contributed by atoms with van der Waals surface area (Å²) < 4.78 is 5.18. The maximum absolute atomic E-state index is 5.18.